The predicted molar refractivity (Wildman–Crippen MR) is 91.8 cm³/mol. The second-order valence-corrected chi connectivity index (χ2v) is 5.72. The minimum atomic E-state index is -0.304. The van der Waals surface area contributed by atoms with Crippen LogP contribution in [-0.2, 0) is 9.53 Å². The topological polar surface area (TPSA) is 61.9 Å². The van der Waals surface area contributed by atoms with E-state index in [1.165, 1.54) is 0 Å². The van der Waals surface area contributed by atoms with Crippen molar-refractivity contribution in [2.45, 2.75) is 13.3 Å². The number of nitrogens with one attached hydrogen (secondary N) is 1. The van der Waals surface area contributed by atoms with Gasteiger partial charge in [-0.2, -0.15) is 0 Å². The van der Waals surface area contributed by atoms with Crippen LogP contribution in [0.4, 0.5) is 10.5 Å². The Bertz CT molecular complexity index is 506. The molecule has 0 saturated carbocycles. The zero-order valence-corrected chi connectivity index (χ0v) is 14.6. The molecule has 0 radical (unpaired) electrons. The van der Waals surface area contributed by atoms with Gasteiger partial charge in [-0.25, -0.2) is 4.79 Å². The summed E-state index contributed by atoms with van der Waals surface area (Å²) in [6, 6.07) is 6.63. The summed E-state index contributed by atoms with van der Waals surface area (Å²) in [5, 5.41) is 3.41. The van der Waals surface area contributed by atoms with Crippen molar-refractivity contribution in [2.24, 2.45) is 0 Å². The van der Waals surface area contributed by atoms with Crippen molar-refractivity contribution in [3.63, 3.8) is 0 Å². The lowest BCUT2D eigenvalue weighted by atomic mass is 10.3. The fourth-order valence-electron chi connectivity index (χ4n) is 1.83. The number of nitrogens with zero attached hydrogens (tertiary/aromatic N) is 2. The van der Waals surface area contributed by atoms with E-state index < -0.39 is 0 Å². The van der Waals surface area contributed by atoms with Crippen LogP contribution >= 0.6 is 11.6 Å². The Kier molecular flexibility index (Phi) is 8.43. The standard InChI is InChI=1S/C16H24ClN3O3/c1-4-23-15(21)9-10-20(12-11-19(2)3)16(22)18-14-7-5-13(17)6-8-14/h5-8H,4,9-12H2,1-3H3,(H,18,22). The van der Waals surface area contributed by atoms with E-state index in [4.69, 9.17) is 16.3 Å². The highest BCUT2D eigenvalue weighted by Gasteiger charge is 2.16. The van der Waals surface area contributed by atoms with Gasteiger partial charge < -0.3 is 19.9 Å². The Labute approximate surface area is 142 Å². The molecule has 0 aliphatic rings. The molecule has 6 nitrogen and oxygen atoms in total. The molecule has 0 bridgehead atoms. The average Bonchev–Trinajstić information content (AvgIpc) is 2.49. The molecule has 0 aliphatic heterocycles. The van der Waals surface area contributed by atoms with E-state index in [9.17, 15) is 9.59 Å². The van der Waals surface area contributed by atoms with E-state index in [0.29, 0.717) is 37.0 Å². The molecule has 0 aliphatic carbocycles. The zero-order chi connectivity index (χ0) is 17.2. The third-order valence-corrected chi connectivity index (χ3v) is 3.34. The van der Waals surface area contributed by atoms with E-state index in [2.05, 4.69) is 5.32 Å². The van der Waals surface area contributed by atoms with Crippen molar-refractivity contribution in [1.82, 2.24) is 9.80 Å². The Balaban J connectivity index is 2.63. The second-order valence-electron chi connectivity index (χ2n) is 5.28. The number of urea groups is 1. The zero-order valence-electron chi connectivity index (χ0n) is 13.8. The lowest BCUT2D eigenvalue weighted by Crippen LogP contribution is -2.40. The number of anilines is 1. The van der Waals surface area contributed by atoms with Crippen molar-refractivity contribution in [1.29, 1.82) is 0 Å². The van der Waals surface area contributed by atoms with Crippen LogP contribution in [0.3, 0.4) is 0 Å². The van der Waals surface area contributed by atoms with Crippen LogP contribution < -0.4 is 5.32 Å². The predicted octanol–water partition coefficient (Wildman–Crippen LogP) is 2.69. The van der Waals surface area contributed by atoms with Gasteiger partial charge >= 0.3 is 12.0 Å². The third kappa shape index (κ3) is 7.85. The van der Waals surface area contributed by atoms with Crippen LogP contribution in [0.2, 0.25) is 5.02 Å². The van der Waals surface area contributed by atoms with Gasteiger partial charge in [-0.3, -0.25) is 4.79 Å². The van der Waals surface area contributed by atoms with Gasteiger partial charge in [0.15, 0.2) is 0 Å². The van der Waals surface area contributed by atoms with E-state index in [1.54, 1.807) is 36.1 Å². The molecule has 0 spiro atoms. The highest BCUT2D eigenvalue weighted by atomic mass is 35.5. The summed E-state index contributed by atoms with van der Waals surface area (Å²) >= 11 is 5.83. The number of hydrogen-bond donors (Lipinski definition) is 1. The molecule has 1 aromatic rings. The van der Waals surface area contributed by atoms with E-state index in [-0.39, 0.29) is 18.4 Å². The Hall–Kier alpha value is -1.79. The largest absolute Gasteiger partial charge is 0.466 e. The number of hydrogen-bond acceptors (Lipinski definition) is 4. The summed E-state index contributed by atoms with van der Waals surface area (Å²) in [5.74, 6) is -0.304. The minimum absolute atomic E-state index is 0.176. The number of rotatable bonds is 8. The number of halogens is 1. The first-order valence-electron chi connectivity index (χ1n) is 7.54. The number of carbonyl (C=O) groups excluding carboxylic acids is 2. The maximum absolute atomic E-state index is 12.4. The smallest absolute Gasteiger partial charge is 0.321 e. The molecule has 1 aromatic carbocycles. The number of amides is 2. The van der Waals surface area contributed by atoms with Crippen molar-refractivity contribution in [3.8, 4) is 0 Å². The van der Waals surface area contributed by atoms with Gasteiger partial charge in [0.1, 0.15) is 0 Å². The van der Waals surface area contributed by atoms with Gasteiger partial charge in [0.2, 0.25) is 0 Å². The van der Waals surface area contributed by atoms with Crippen LogP contribution in [0.1, 0.15) is 13.3 Å². The highest BCUT2D eigenvalue weighted by molar-refractivity contribution is 6.30. The van der Waals surface area contributed by atoms with Crippen LogP contribution in [0.15, 0.2) is 24.3 Å². The second kappa shape index (κ2) is 10.1. The molecular weight excluding hydrogens is 318 g/mol. The fraction of sp³-hybridized carbons (Fsp3) is 0.500. The fourth-order valence-corrected chi connectivity index (χ4v) is 1.96. The molecule has 1 N–H and O–H groups in total. The van der Waals surface area contributed by atoms with Crippen molar-refractivity contribution in [2.75, 3.05) is 45.7 Å². The Morgan fingerprint density at radius 2 is 1.78 bits per heavy atom. The first kappa shape index (κ1) is 19.3. The van der Waals surface area contributed by atoms with Crippen LogP contribution in [0.25, 0.3) is 0 Å². The van der Waals surface area contributed by atoms with Gasteiger partial charge in [-0.15, -0.1) is 0 Å². The van der Waals surface area contributed by atoms with Gasteiger partial charge in [0.25, 0.3) is 0 Å². The minimum Gasteiger partial charge on any atom is -0.466 e. The SMILES string of the molecule is CCOC(=O)CCN(CCN(C)C)C(=O)Nc1ccc(Cl)cc1. The van der Waals surface area contributed by atoms with Crippen LogP contribution in [0, 0.1) is 0 Å². The quantitative estimate of drug-likeness (QED) is 0.738. The van der Waals surface area contributed by atoms with Crippen LogP contribution in [0.5, 0.6) is 0 Å². The molecule has 0 saturated heterocycles. The summed E-state index contributed by atoms with van der Waals surface area (Å²) in [6.45, 7) is 3.64. The first-order chi connectivity index (χ1) is 10.9. The summed E-state index contributed by atoms with van der Waals surface area (Å²) in [7, 11) is 3.86. The molecule has 23 heavy (non-hydrogen) atoms. The molecular formula is C16H24ClN3O3. The number of likely N-dealkylation sites (N-methyl/N-ethyl adjacent to an activating group) is 1. The monoisotopic (exact) mass is 341 g/mol. The first-order valence-corrected chi connectivity index (χ1v) is 7.92. The summed E-state index contributed by atoms with van der Waals surface area (Å²) in [6.07, 6.45) is 0.176. The highest BCUT2D eigenvalue weighted by Crippen LogP contribution is 2.14. The molecule has 0 unspecified atom stereocenters. The Morgan fingerprint density at radius 3 is 2.35 bits per heavy atom. The van der Waals surface area contributed by atoms with E-state index >= 15 is 0 Å². The molecule has 2 amide bonds. The molecule has 0 atom stereocenters. The van der Waals surface area contributed by atoms with Crippen molar-refractivity contribution >= 4 is 29.3 Å². The Morgan fingerprint density at radius 1 is 1.13 bits per heavy atom. The van der Waals surface area contributed by atoms with E-state index in [1.807, 2.05) is 19.0 Å². The maximum Gasteiger partial charge on any atom is 0.321 e. The number of carbonyl (C=O) groups is 2. The molecule has 1 rings (SSSR count). The molecule has 0 heterocycles. The number of ether oxygens (including phenoxy) is 1. The molecule has 0 aromatic heterocycles. The number of esters is 1. The average molecular weight is 342 g/mol. The lowest BCUT2D eigenvalue weighted by molar-refractivity contribution is -0.143. The molecule has 7 heteroatoms. The normalized spacial score (nSPS) is 10.5. The summed E-state index contributed by atoms with van der Waals surface area (Å²) in [5.41, 5.74) is 0.658. The van der Waals surface area contributed by atoms with Gasteiger partial charge in [0, 0.05) is 30.3 Å². The molecule has 128 valence electrons. The summed E-state index contributed by atoms with van der Waals surface area (Å²) < 4.78 is 4.91. The van der Waals surface area contributed by atoms with Crippen molar-refractivity contribution < 1.29 is 14.3 Å². The molecule has 0 fully saturated rings. The van der Waals surface area contributed by atoms with Crippen molar-refractivity contribution in [3.05, 3.63) is 29.3 Å². The summed E-state index contributed by atoms with van der Waals surface area (Å²) in [4.78, 5) is 27.5. The van der Waals surface area contributed by atoms with E-state index in [0.717, 1.165) is 0 Å². The maximum atomic E-state index is 12.4. The van der Waals surface area contributed by atoms with Gasteiger partial charge in [0.05, 0.1) is 13.0 Å². The van der Waals surface area contributed by atoms with Gasteiger partial charge in [-0.05, 0) is 45.3 Å². The van der Waals surface area contributed by atoms with Crippen LogP contribution in [-0.4, -0.2) is 62.1 Å². The third-order valence-electron chi connectivity index (χ3n) is 3.09. The lowest BCUT2D eigenvalue weighted by Gasteiger charge is -2.24. The number of benzene rings is 1. The van der Waals surface area contributed by atoms with Gasteiger partial charge in [-0.1, -0.05) is 11.6 Å².